The van der Waals surface area contributed by atoms with Crippen molar-refractivity contribution < 1.29 is 13.9 Å². The molecule has 0 radical (unpaired) electrons. The topological polar surface area (TPSA) is 80.5 Å². The first-order chi connectivity index (χ1) is 14.1. The largest absolute Gasteiger partial charge is 0.497 e. The van der Waals surface area contributed by atoms with Crippen LogP contribution in [0.4, 0.5) is 6.01 Å². The summed E-state index contributed by atoms with van der Waals surface area (Å²) in [5.41, 5.74) is 0.573. The lowest BCUT2D eigenvalue weighted by Gasteiger charge is -2.33. The third kappa shape index (κ3) is 3.79. The maximum absolute atomic E-state index is 12.7. The van der Waals surface area contributed by atoms with E-state index in [1.807, 2.05) is 17.9 Å². The van der Waals surface area contributed by atoms with Crippen molar-refractivity contribution in [2.24, 2.45) is 17.3 Å². The van der Waals surface area contributed by atoms with E-state index in [-0.39, 0.29) is 11.9 Å². The molecular formula is C22H30N4O3. The number of carbonyl (C=O) groups is 1. The zero-order valence-corrected chi connectivity index (χ0v) is 17.3. The number of methoxy groups -OCH3 is 1. The molecule has 4 atom stereocenters. The molecule has 1 saturated heterocycles. The van der Waals surface area contributed by atoms with E-state index in [9.17, 15) is 4.79 Å². The van der Waals surface area contributed by atoms with Crippen LogP contribution in [-0.4, -0.2) is 47.2 Å². The van der Waals surface area contributed by atoms with Gasteiger partial charge in [-0.2, -0.15) is 0 Å². The number of piperidine rings is 1. The van der Waals surface area contributed by atoms with E-state index >= 15 is 0 Å². The second-order valence-corrected chi connectivity index (χ2v) is 9.21. The summed E-state index contributed by atoms with van der Waals surface area (Å²) in [6.45, 7) is 3.62. The van der Waals surface area contributed by atoms with E-state index in [0.717, 1.165) is 44.5 Å². The van der Waals surface area contributed by atoms with Crippen molar-refractivity contribution in [3.8, 4) is 0 Å². The predicted molar refractivity (Wildman–Crippen MR) is 108 cm³/mol. The number of rotatable bonds is 6. The Morgan fingerprint density at radius 1 is 1.31 bits per heavy atom. The minimum Gasteiger partial charge on any atom is -0.497 e. The highest BCUT2D eigenvalue weighted by molar-refractivity contribution is 5.83. The fraction of sp³-hybridized carbons (Fsp3) is 0.682. The van der Waals surface area contributed by atoms with Crippen LogP contribution >= 0.6 is 0 Å². The van der Waals surface area contributed by atoms with E-state index in [1.165, 1.54) is 12.8 Å². The molecule has 156 valence electrons. The Morgan fingerprint density at radius 2 is 2.10 bits per heavy atom. The van der Waals surface area contributed by atoms with Gasteiger partial charge in [0.25, 0.3) is 0 Å². The van der Waals surface area contributed by atoms with Crippen molar-refractivity contribution in [3.05, 3.63) is 29.9 Å². The maximum atomic E-state index is 12.7. The summed E-state index contributed by atoms with van der Waals surface area (Å²) in [6.07, 6.45) is 13.4. The van der Waals surface area contributed by atoms with E-state index in [4.69, 9.17) is 9.15 Å². The molecule has 3 fully saturated rings. The third-order valence-electron chi connectivity index (χ3n) is 7.29. The number of ether oxygens (including phenoxy) is 1. The lowest BCUT2D eigenvalue weighted by atomic mass is 9.93. The minimum atomic E-state index is -0.356. The number of nitrogens with one attached hydrogen (secondary N) is 1. The van der Waals surface area contributed by atoms with Crippen molar-refractivity contribution in [3.63, 3.8) is 0 Å². The fourth-order valence-electron chi connectivity index (χ4n) is 4.90. The predicted octanol–water partition coefficient (Wildman–Crippen LogP) is 3.48. The van der Waals surface area contributed by atoms with Crippen LogP contribution in [0.25, 0.3) is 0 Å². The molecule has 1 spiro atoms. The maximum Gasteiger partial charge on any atom is 0.316 e. The van der Waals surface area contributed by atoms with Crippen molar-refractivity contribution >= 4 is 11.9 Å². The molecule has 1 unspecified atom stereocenters. The number of amides is 1. The van der Waals surface area contributed by atoms with Gasteiger partial charge >= 0.3 is 6.01 Å². The van der Waals surface area contributed by atoms with Crippen LogP contribution < -0.4 is 5.32 Å². The number of hydrogen-bond acceptors (Lipinski definition) is 6. The van der Waals surface area contributed by atoms with Gasteiger partial charge in [-0.05, 0) is 74.9 Å². The van der Waals surface area contributed by atoms with Gasteiger partial charge in [-0.1, -0.05) is 11.2 Å². The number of hydrogen-bond donors (Lipinski definition) is 1. The molecule has 1 aliphatic heterocycles. The molecule has 1 N–H and O–H groups in total. The average molecular weight is 399 g/mol. The van der Waals surface area contributed by atoms with Gasteiger partial charge in [0.2, 0.25) is 11.8 Å². The summed E-state index contributed by atoms with van der Waals surface area (Å²) < 4.78 is 11.1. The summed E-state index contributed by atoms with van der Waals surface area (Å²) in [5, 5.41) is 11.5. The van der Waals surface area contributed by atoms with E-state index in [2.05, 4.69) is 27.7 Å². The lowest BCUT2D eigenvalue weighted by Crippen LogP contribution is -2.45. The molecule has 2 heterocycles. The molecule has 0 aromatic carbocycles. The van der Waals surface area contributed by atoms with Crippen LogP contribution in [-0.2, 0) is 9.53 Å². The highest BCUT2D eigenvalue weighted by atomic mass is 16.5. The third-order valence-corrected chi connectivity index (χ3v) is 7.29. The molecule has 0 bridgehead atoms. The highest BCUT2D eigenvalue weighted by Gasteiger charge is 2.47. The van der Waals surface area contributed by atoms with Gasteiger partial charge in [-0.15, -0.1) is 5.10 Å². The number of nitrogens with zero attached hydrogens (tertiary/aromatic N) is 3. The summed E-state index contributed by atoms with van der Waals surface area (Å²) in [4.78, 5) is 14.7. The van der Waals surface area contributed by atoms with Gasteiger partial charge in [-0.3, -0.25) is 4.79 Å². The Bertz CT molecular complexity index is 831. The van der Waals surface area contributed by atoms with Gasteiger partial charge in [0, 0.05) is 19.0 Å². The fourth-order valence-corrected chi connectivity index (χ4v) is 4.90. The normalized spacial score (nSPS) is 30.6. The van der Waals surface area contributed by atoms with Crippen molar-refractivity contribution in [2.75, 3.05) is 25.5 Å². The Kier molecular flexibility index (Phi) is 4.63. The van der Waals surface area contributed by atoms with Crippen LogP contribution in [0.5, 0.6) is 0 Å². The molecule has 1 aromatic rings. The van der Waals surface area contributed by atoms with Crippen LogP contribution in [0.3, 0.4) is 0 Å². The molecule has 29 heavy (non-hydrogen) atoms. The van der Waals surface area contributed by atoms with Crippen LogP contribution in [0.2, 0.25) is 0 Å². The number of carbonyl (C=O) groups excluding carboxylic acids is 1. The number of likely N-dealkylation sites (tertiary alicyclic amines) is 1. The molecule has 7 nitrogen and oxygen atoms in total. The average Bonchev–Trinajstić information content (AvgIpc) is 3.67. The summed E-state index contributed by atoms with van der Waals surface area (Å²) >= 11 is 0. The summed E-state index contributed by atoms with van der Waals surface area (Å²) in [5.74, 6) is 3.08. The van der Waals surface area contributed by atoms with Crippen LogP contribution in [0.1, 0.15) is 57.3 Å². The lowest BCUT2D eigenvalue weighted by molar-refractivity contribution is -0.133. The molecule has 3 aliphatic carbocycles. The first-order valence-electron chi connectivity index (χ1n) is 10.9. The second-order valence-electron chi connectivity index (χ2n) is 9.21. The van der Waals surface area contributed by atoms with E-state index in [1.54, 1.807) is 7.11 Å². The Morgan fingerprint density at radius 3 is 2.76 bits per heavy atom. The zero-order valence-electron chi connectivity index (χ0n) is 17.3. The van der Waals surface area contributed by atoms with Crippen molar-refractivity contribution in [1.82, 2.24) is 15.1 Å². The van der Waals surface area contributed by atoms with Gasteiger partial charge in [0.15, 0.2) is 0 Å². The molecule has 7 heteroatoms. The monoisotopic (exact) mass is 398 g/mol. The molecule has 2 saturated carbocycles. The first kappa shape index (κ1) is 18.7. The molecule has 1 amide bonds. The number of aromatic nitrogens is 2. The number of allylic oxidation sites excluding steroid dienone is 3. The standard InChI is InChI=1S/C22H30N4O3/c1-14(20(27)26-11-9-22(7-8-22)10-12-26)23-21-25-24-19(29-21)18-13-17(18)15-3-5-16(28-2)6-4-15/h3,5-6,14-15,17-18H,4,7-13H2,1-2H3,(H,23,25)/t14-,15?,17-,18-/m1/s1. The van der Waals surface area contributed by atoms with Gasteiger partial charge < -0.3 is 19.4 Å². The van der Waals surface area contributed by atoms with Crippen molar-refractivity contribution in [2.45, 2.75) is 57.4 Å². The van der Waals surface area contributed by atoms with Gasteiger partial charge in [-0.25, -0.2) is 0 Å². The van der Waals surface area contributed by atoms with Crippen LogP contribution in [0, 0.1) is 17.3 Å². The van der Waals surface area contributed by atoms with Crippen LogP contribution in [0.15, 0.2) is 28.4 Å². The van der Waals surface area contributed by atoms with E-state index < -0.39 is 0 Å². The Hall–Kier alpha value is -2.31. The summed E-state index contributed by atoms with van der Waals surface area (Å²) in [6, 6.07) is -0.00615. The first-order valence-corrected chi connectivity index (χ1v) is 10.9. The smallest absolute Gasteiger partial charge is 0.316 e. The quantitative estimate of drug-likeness (QED) is 0.790. The minimum absolute atomic E-state index is 0.123. The molecule has 1 aromatic heterocycles. The SMILES string of the molecule is COC1=CCC([C@H]2C[C@H]2c2nnc(N[C@H](C)C(=O)N3CCC4(CC3)CC4)o2)C=C1. The number of anilines is 1. The van der Waals surface area contributed by atoms with Crippen molar-refractivity contribution in [1.29, 1.82) is 0 Å². The highest BCUT2D eigenvalue weighted by Crippen LogP contribution is 2.54. The zero-order chi connectivity index (χ0) is 20.0. The molecular weight excluding hydrogens is 368 g/mol. The van der Waals surface area contributed by atoms with E-state index in [0.29, 0.717) is 35.1 Å². The van der Waals surface area contributed by atoms with Gasteiger partial charge in [0.1, 0.15) is 11.8 Å². The van der Waals surface area contributed by atoms with Gasteiger partial charge in [0.05, 0.1) is 7.11 Å². The summed E-state index contributed by atoms with van der Waals surface area (Å²) in [7, 11) is 1.70. The second kappa shape index (κ2) is 7.18. The Balaban J connectivity index is 1.13. The Labute approximate surface area is 171 Å². The molecule has 4 aliphatic rings. The molecule has 5 rings (SSSR count).